The van der Waals surface area contributed by atoms with Gasteiger partial charge in [0.1, 0.15) is 17.4 Å². The van der Waals surface area contributed by atoms with Gasteiger partial charge in [-0.05, 0) is 48.4 Å². The van der Waals surface area contributed by atoms with E-state index < -0.39 is 5.91 Å². The van der Waals surface area contributed by atoms with Gasteiger partial charge in [-0.15, -0.1) is 6.58 Å². The number of aliphatic imine (C=N–C) groups is 1. The van der Waals surface area contributed by atoms with Crippen molar-refractivity contribution in [2.24, 2.45) is 10.1 Å². The van der Waals surface area contributed by atoms with Gasteiger partial charge in [-0.3, -0.25) is 10.2 Å². The molecule has 35 heavy (non-hydrogen) atoms. The third-order valence-electron chi connectivity index (χ3n) is 5.84. The van der Waals surface area contributed by atoms with E-state index in [1.165, 1.54) is 16.8 Å². The largest absolute Gasteiger partial charge is 0.491 e. The number of thioether (sulfide) groups is 1. The molecule has 0 fully saturated rings. The lowest BCUT2D eigenvalue weighted by Crippen LogP contribution is -2.35. The predicted octanol–water partition coefficient (Wildman–Crippen LogP) is 5.48. The second-order valence-electron chi connectivity index (χ2n) is 8.11. The van der Waals surface area contributed by atoms with Crippen LogP contribution in [-0.2, 0) is 17.8 Å². The lowest BCUT2D eigenvalue weighted by molar-refractivity contribution is -0.114. The summed E-state index contributed by atoms with van der Waals surface area (Å²) in [7, 11) is 0. The molecule has 2 aliphatic heterocycles. The number of nitrogens with zero attached hydrogens (tertiary/aromatic N) is 4. The Bertz CT molecular complexity index is 1430. The van der Waals surface area contributed by atoms with Gasteiger partial charge in [0, 0.05) is 22.7 Å². The summed E-state index contributed by atoms with van der Waals surface area (Å²) in [6.45, 7) is 6.93. The van der Waals surface area contributed by atoms with Crippen LogP contribution in [0.3, 0.4) is 0 Å². The number of hydrogen-bond acceptors (Lipinski definition) is 5. The van der Waals surface area contributed by atoms with Crippen LogP contribution in [0, 0.1) is 5.41 Å². The molecule has 3 heterocycles. The Morgan fingerprint density at radius 1 is 1.17 bits per heavy atom. The topological polar surface area (TPSA) is 83.0 Å². The molecule has 8 heteroatoms. The third-order valence-corrected chi connectivity index (χ3v) is 6.90. The Hall–Kier alpha value is -3.91. The summed E-state index contributed by atoms with van der Waals surface area (Å²) in [5, 5.41) is 16.8. The number of carbonyl (C=O) groups is 1. The van der Waals surface area contributed by atoms with Gasteiger partial charge in [-0.2, -0.15) is 15.1 Å². The summed E-state index contributed by atoms with van der Waals surface area (Å²) in [6.07, 6.45) is 7.09. The summed E-state index contributed by atoms with van der Waals surface area (Å²) < 4.78 is 8.20. The molecular formula is C27H25N5O2S. The van der Waals surface area contributed by atoms with Gasteiger partial charge < -0.3 is 9.30 Å². The molecule has 1 aromatic heterocycles. The van der Waals surface area contributed by atoms with Crippen molar-refractivity contribution >= 4 is 50.7 Å². The first-order valence-electron chi connectivity index (χ1n) is 11.5. The van der Waals surface area contributed by atoms with Crippen molar-refractivity contribution in [2.45, 2.75) is 26.3 Å². The summed E-state index contributed by atoms with van der Waals surface area (Å²) >= 11 is 1.34. The van der Waals surface area contributed by atoms with Crippen molar-refractivity contribution in [1.82, 2.24) is 9.58 Å². The van der Waals surface area contributed by atoms with Crippen LogP contribution in [0.25, 0.3) is 17.0 Å². The highest BCUT2D eigenvalue weighted by atomic mass is 32.2. The highest BCUT2D eigenvalue weighted by Gasteiger charge is 2.35. The molecule has 0 unspecified atom stereocenters. The van der Waals surface area contributed by atoms with Gasteiger partial charge in [-0.25, -0.2) is 0 Å². The molecule has 0 aliphatic carbocycles. The minimum atomic E-state index is -0.416. The molecule has 0 saturated heterocycles. The van der Waals surface area contributed by atoms with E-state index in [4.69, 9.17) is 10.1 Å². The number of ether oxygens (including phenoxy) is 1. The first kappa shape index (κ1) is 22.9. The average molecular weight is 484 g/mol. The van der Waals surface area contributed by atoms with Crippen LogP contribution in [-0.4, -0.2) is 38.1 Å². The molecule has 1 N–H and O–H groups in total. The number of rotatable bonds is 8. The average Bonchev–Trinajstić information content (AvgIpc) is 3.44. The Kier molecular flexibility index (Phi) is 6.37. The van der Waals surface area contributed by atoms with Gasteiger partial charge in [0.2, 0.25) is 5.17 Å². The molecule has 0 atom stereocenters. The van der Waals surface area contributed by atoms with Gasteiger partial charge in [0.15, 0.2) is 5.84 Å². The van der Waals surface area contributed by atoms with E-state index in [2.05, 4.69) is 21.2 Å². The maximum Gasteiger partial charge on any atom is 0.283 e. The molecular weight excluding hydrogens is 458 g/mol. The number of amides is 1. The molecule has 3 aromatic rings. The van der Waals surface area contributed by atoms with E-state index in [9.17, 15) is 4.79 Å². The van der Waals surface area contributed by atoms with Crippen molar-refractivity contribution in [2.75, 3.05) is 6.61 Å². The minimum Gasteiger partial charge on any atom is -0.491 e. The number of nitrogens with one attached hydrogen (secondary N) is 1. The van der Waals surface area contributed by atoms with Crippen molar-refractivity contribution in [3.8, 4) is 5.75 Å². The number of aromatic nitrogens is 1. The quantitative estimate of drug-likeness (QED) is 0.340. The lowest BCUT2D eigenvalue weighted by atomic mass is 10.1. The van der Waals surface area contributed by atoms with E-state index in [1.807, 2.05) is 67.7 Å². The molecule has 2 aliphatic rings. The van der Waals surface area contributed by atoms with Crippen LogP contribution < -0.4 is 4.74 Å². The predicted molar refractivity (Wildman–Crippen MR) is 143 cm³/mol. The first-order chi connectivity index (χ1) is 17.1. The minimum absolute atomic E-state index is 0.0509. The summed E-state index contributed by atoms with van der Waals surface area (Å²) in [4.78, 5) is 17.0. The number of fused-ring (bicyclic) bond motifs is 2. The van der Waals surface area contributed by atoms with E-state index >= 15 is 0 Å². The highest BCUT2D eigenvalue weighted by Crippen LogP contribution is 2.31. The Balaban J connectivity index is 1.42. The van der Waals surface area contributed by atoms with Gasteiger partial charge >= 0.3 is 0 Å². The number of para-hydroxylation sites is 2. The second-order valence-corrected chi connectivity index (χ2v) is 9.15. The maximum atomic E-state index is 12.8. The summed E-state index contributed by atoms with van der Waals surface area (Å²) in [5.41, 5.74) is 3.22. The zero-order chi connectivity index (χ0) is 24.4. The number of hydrogen-bond donors (Lipinski definition) is 1. The van der Waals surface area contributed by atoms with E-state index in [1.54, 1.807) is 6.08 Å². The molecule has 1 amide bonds. The Morgan fingerprint density at radius 3 is 2.80 bits per heavy atom. The smallest absolute Gasteiger partial charge is 0.283 e. The van der Waals surface area contributed by atoms with Crippen molar-refractivity contribution in [3.05, 3.63) is 84.1 Å². The highest BCUT2D eigenvalue weighted by molar-refractivity contribution is 8.26. The molecule has 7 nitrogen and oxygen atoms in total. The fraction of sp³-hybridized carbons (Fsp3) is 0.185. The van der Waals surface area contributed by atoms with Gasteiger partial charge in [0.05, 0.1) is 12.1 Å². The van der Waals surface area contributed by atoms with Crippen molar-refractivity contribution in [1.29, 1.82) is 5.41 Å². The van der Waals surface area contributed by atoms with Crippen molar-refractivity contribution in [3.63, 3.8) is 0 Å². The number of allylic oxidation sites excluding steroid dienone is 1. The van der Waals surface area contributed by atoms with Crippen LogP contribution in [0.4, 0.5) is 0 Å². The SMILES string of the molecule is C=CCc1ccccc1OCCn1cc(/C=C2\C(=N)N3N=C(CC)SC3=NC2=O)c2ccccc21. The first-order valence-corrected chi connectivity index (χ1v) is 12.3. The van der Waals surface area contributed by atoms with Crippen molar-refractivity contribution < 1.29 is 9.53 Å². The van der Waals surface area contributed by atoms with Gasteiger partial charge in [-0.1, -0.05) is 49.4 Å². The molecule has 0 spiro atoms. The zero-order valence-corrected chi connectivity index (χ0v) is 20.2. The summed E-state index contributed by atoms with van der Waals surface area (Å²) in [6, 6.07) is 16.0. The fourth-order valence-corrected chi connectivity index (χ4v) is 4.95. The summed E-state index contributed by atoms with van der Waals surface area (Å²) in [5.74, 6) is 0.492. The van der Waals surface area contributed by atoms with Crippen LogP contribution in [0.15, 0.2) is 83.0 Å². The number of amidine groups is 2. The van der Waals surface area contributed by atoms with Gasteiger partial charge in [0.25, 0.3) is 5.91 Å². The molecule has 0 radical (unpaired) electrons. The Morgan fingerprint density at radius 2 is 1.97 bits per heavy atom. The standard InChI is InChI=1S/C27H25N5O2S/c1-3-9-18-10-5-8-13-23(18)34-15-14-31-17-19(20-11-6-7-12-22(20)31)16-21-25(28)32-27(29-26(21)33)35-24(4-2)30-32/h3,5-8,10-13,16-17,28H,1,4,9,14-15H2,2H3/b21-16+,28-25?. The number of benzene rings is 2. The van der Waals surface area contributed by atoms with E-state index in [0.29, 0.717) is 18.3 Å². The van der Waals surface area contributed by atoms with Crippen LogP contribution in [0.5, 0.6) is 5.75 Å². The second kappa shape index (κ2) is 9.76. The van der Waals surface area contributed by atoms with E-state index in [0.717, 1.165) is 45.7 Å². The molecule has 5 rings (SSSR count). The molecule has 0 bridgehead atoms. The third kappa shape index (κ3) is 4.44. The monoisotopic (exact) mass is 483 g/mol. The fourth-order valence-electron chi connectivity index (χ4n) is 4.13. The number of hydrazone groups is 1. The normalized spacial score (nSPS) is 16.5. The van der Waals surface area contributed by atoms with Crippen LogP contribution >= 0.6 is 11.8 Å². The molecule has 176 valence electrons. The zero-order valence-electron chi connectivity index (χ0n) is 19.4. The molecule has 0 saturated carbocycles. The van der Waals surface area contributed by atoms with E-state index in [-0.39, 0.29) is 11.4 Å². The number of carbonyl (C=O) groups excluding carboxylic acids is 1. The van der Waals surface area contributed by atoms with Crippen LogP contribution in [0.2, 0.25) is 0 Å². The molecule has 2 aromatic carbocycles. The lowest BCUT2D eigenvalue weighted by Gasteiger charge is -2.20. The maximum absolute atomic E-state index is 12.8. The Labute approximate surface area is 208 Å². The van der Waals surface area contributed by atoms with Crippen LogP contribution in [0.1, 0.15) is 24.5 Å².